The minimum Gasteiger partial charge on any atom is -0.466 e. The number of fused-ring (bicyclic) bond motifs is 1. The van der Waals surface area contributed by atoms with E-state index >= 15 is 0 Å². The van der Waals surface area contributed by atoms with Gasteiger partial charge in [0.05, 0.1) is 6.61 Å². The average molecular weight is 407 g/mol. The van der Waals surface area contributed by atoms with Gasteiger partial charge >= 0.3 is 11.9 Å². The first kappa shape index (κ1) is 22.3. The SMILES string of the molecule is C=C1CCC2[C@H](CO)C([C@@]3(C)CC[C@H](OC(C)=O)C[C@@H]3COC(C)=O)CC[C@]12C. The molecule has 1 N–H and O–H groups in total. The molecule has 0 heterocycles. The third-order valence-electron chi connectivity index (χ3n) is 8.75. The smallest absolute Gasteiger partial charge is 0.302 e. The maximum absolute atomic E-state index is 11.5. The number of aliphatic hydroxyl groups is 1. The van der Waals surface area contributed by atoms with Gasteiger partial charge < -0.3 is 14.6 Å². The molecular formula is C24H38O5. The number of carbonyl (C=O) groups is 2. The van der Waals surface area contributed by atoms with Crippen molar-refractivity contribution in [2.24, 2.45) is 34.5 Å². The van der Waals surface area contributed by atoms with Crippen LogP contribution in [-0.4, -0.2) is 36.4 Å². The van der Waals surface area contributed by atoms with Crippen LogP contribution in [0.5, 0.6) is 0 Å². The predicted molar refractivity (Wildman–Crippen MR) is 111 cm³/mol. The zero-order valence-corrected chi connectivity index (χ0v) is 18.5. The Morgan fingerprint density at radius 2 is 1.83 bits per heavy atom. The number of hydrogen-bond donors (Lipinski definition) is 1. The molecule has 29 heavy (non-hydrogen) atoms. The van der Waals surface area contributed by atoms with Crippen LogP contribution in [0.4, 0.5) is 0 Å². The number of esters is 2. The molecule has 3 aliphatic carbocycles. The number of carbonyl (C=O) groups excluding carboxylic acids is 2. The lowest BCUT2D eigenvalue weighted by molar-refractivity contribution is -0.162. The fourth-order valence-corrected chi connectivity index (χ4v) is 6.95. The van der Waals surface area contributed by atoms with Crippen molar-refractivity contribution in [3.63, 3.8) is 0 Å². The molecule has 3 aliphatic rings. The van der Waals surface area contributed by atoms with Crippen LogP contribution in [-0.2, 0) is 19.1 Å². The Kier molecular flexibility index (Phi) is 6.47. The molecule has 0 aromatic carbocycles. The van der Waals surface area contributed by atoms with Crippen molar-refractivity contribution in [2.75, 3.05) is 13.2 Å². The van der Waals surface area contributed by atoms with Gasteiger partial charge in [-0.15, -0.1) is 0 Å². The lowest BCUT2D eigenvalue weighted by Gasteiger charge is -2.56. The summed E-state index contributed by atoms with van der Waals surface area (Å²) in [6.45, 7) is 12.4. The molecule has 164 valence electrons. The van der Waals surface area contributed by atoms with Gasteiger partial charge in [-0.1, -0.05) is 26.0 Å². The summed E-state index contributed by atoms with van der Waals surface area (Å²) in [5.74, 6) is 0.673. The Labute approximate surface area is 175 Å². The summed E-state index contributed by atoms with van der Waals surface area (Å²) in [6.07, 6.45) is 6.69. The van der Waals surface area contributed by atoms with Crippen molar-refractivity contribution >= 4 is 11.9 Å². The van der Waals surface area contributed by atoms with E-state index in [1.807, 2.05) is 0 Å². The molecule has 0 spiro atoms. The predicted octanol–water partition coefficient (Wildman–Crippen LogP) is 4.28. The van der Waals surface area contributed by atoms with Crippen LogP contribution in [0.15, 0.2) is 12.2 Å². The third-order valence-corrected chi connectivity index (χ3v) is 8.75. The normalized spacial score (nSPS) is 42.2. The number of ether oxygens (including phenoxy) is 2. The molecule has 0 saturated heterocycles. The first-order valence-electron chi connectivity index (χ1n) is 11.2. The van der Waals surface area contributed by atoms with Gasteiger partial charge in [0.1, 0.15) is 6.10 Å². The minimum absolute atomic E-state index is 0.0508. The fraction of sp³-hybridized carbons (Fsp3) is 0.833. The zero-order chi connectivity index (χ0) is 21.4. The van der Waals surface area contributed by atoms with Crippen molar-refractivity contribution in [3.05, 3.63) is 12.2 Å². The molecule has 0 radical (unpaired) electrons. The van der Waals surface area contributed by atoms with Gasteiger partial charge in [-0.25, -0.2) is 0 Å². The Hall–Kier alpha value is -1.36. The second kappa shape index (κ2) is 8.41. The van der Waals surface area contributed by atoms with Gasteiger partial charge in [-0.05, 0) is 73.5 Å². The van der Waals surface area contributed by atoms with E-state index in [-0.39, 0.29) is 47.3 Å². The highest BCUT2D eigenvalue weighted by atomic mass is 16.5. The summed E-state index contributed by atoms with van der Waals surface area (Å²) in [5.41, 5.74) is 1.44. The summed E-state index contributed by atoms with van der Waals surface area (Å²) in [6, 6.07) is 0. The van der Waals surface area contributed by atoms with Crippen molar-refractivity contribution in [1.29, 1.82) is 0 Å². The molecule has 3 fully saturated rings. The van der Waals surface area contributed by atoms with Gasteiger partial charge in [0, 0.05) is 26.4 Å². The second-order valence-corrected chi connectivity index (χ2v) is 10.2. The van der Waals surface area contributed by atoms with E-state index in [2.05, 4.69) is 20.4 Å². The van der Waals surface area contributed by atoms with Crippen molar-refractivity contribution in [3.8, 4) is 0 Å². The lowest BCUT2D eigenvalue weighted by atomic mass is 9.49. The highest BCUT2D eigenvalue weighted by molar-refractivity contribution is 5.66. The molecule has 2 unspecified atom stereocenters. The molecule has 3 rings (SSSR count). The van der Waals surface area contributed by atoms with E-state index in [0.717, 1.165) is 38.5 Å². The van der Waals surface area contributed by atoms with Crippen LogP contribution >= 0.6 is 0 Å². The van der Waals surface area contributed by atoms with Crippen molar-refractivity contribution < 1.29 is 24.2 Å². The van der Waals surface area contributed by atoms with E-state index in [0.29, 0.717) is 24.9 Å². The monoisotopic (exact) mass is 406 g/mol. The van der Waals surface area contributed by atoms with Gasteiger partial charge in [0.15, 0.2) is 0 Å². The van der Waals surface area contributed by atoms with Gasteiger partial charge in [-0.3, -0.25) is 9.59 Å². The van der Waals surface area contributed by atoms with Gasteiger partial charge in [0.2, 0.25) is 0 Å². The highest BCUT2D eigenvalue weighted by Crippen LogP contribution is 2.63. The van der Waals surface area contributed by atoms with Crippen LogP contribution in [0.3, 0.4) is 0 Å². The molecule has 0 bridgehead atoms. The summed E-state index contributed by atoms with van der Waals surface area (Å²) in [7, 11) is 0. The Balaban J connectivity index is 1.85. The van der Waals surface area contributed by atoms with Gasteiger partial charge in [-0.2, -0.15) is 0 Å². The first-order valence-corrected chi connectivity index (χ1v) is 11.2. The lowest BCUT2D eigenvalue weighted by Crippen LogP contribution is -2.52. The van der Waals surface area contributed by atoms with E-state index in [1.165, 1.54) is 19.4 Å². The molecule has 0 aromatic heterocycles. The number of allylic oxidation sites excluding steroid dienone is 1. The van der Waals surface area contributed by atoms with E-state index < -0.39 is 0 Å². The molecule has 0 aliphatic heterocycles. The number of rotatable bonds is 5. The molecular weight excluding hydrogens is 368 g/mol. The van der Waals surface area contributed by atoms with Crippen LogP contribution in [0.1, 0.15) is 72.6 Å². The Morgan fingerprint density at radius 1 is 1.10 bits per heavy atom. The van der Waals surface area contributed by atoms with Crippen LogP contribution < -0.4 is 0 Å². The van der Waals surface area contributed by atoms with Crippen molar-refractivity contribution in [2.45, 2.75) is 78.7 Å². The maximum atomic E-state index is 11.5. The maximum Gasteiger partial charge on any atom is 0.302 e. The molecule has 7 atom stereocenters. The molecule has 3 saturated carbocycles. The zero-order valence-electron chi connectivity index (χ0n) is 18.5. The molecule has 0 aromatic rings. The Morgan fingerprint density at radius 3 is 2.45 bits per heavy atom. The summed E-state index contributed by atoms with van der Waals surface area (Å²) < 4.78 is 11.0. The summed E-state index contributed by atoms with van der Waals surface area (Å²) in [4.78, 5) is 23.0. The third kappa shape index (κ3) is 4.12. The quantitative estimate of drug-likeness (QED) is 0.545. The average Bonchev–Trinajstić information content (AvgIpc) is 2.96. The minimum atomic E-state index is -0.274. The van der Waals surface area contributed by atoms with Gasteiger partial charge in [0.25, 0.3) is 0 Å². The highest BCUT2D eigenvalue weighted by Gasteiger charge is 2.57. The molecule has 5 heteroatoms. The molecule has 5 nitrogen and oxygen atoms in total. The summed E-state index contributed by atoms with van der Waals surface area (Å²) >= 11 is 0. The van der Waals surface area contributed by atoms with Crippen LogP contribution in [0.25, 0.3) is 0 Å². The second-order valence-electron chi connectivity index (χ2n) is 10.2. The van der Waals surface area contributed by atoms with E-state index in [1.54, 1.807) is 0 Å². The number of aliphatic hydroxyl groups excluding tert-OH is 1. The fourth-order valence-electron chi connectivity index (χ4n) is 6.95. The summed E-state index contributed by atoms with van der Waals surface area (Å²) in [5, 5.41) is 10.4. The van der Waals surface area contributed by atoms with Crippen LogP contribution in [0.2, 0.25) is 0 Å². The Bertz CT molecular complexity index is 658. The topological polar surface area (TPSA) is 72.8 Å². The molecule has 0 amide bonds. The van der Waals surface area contributed by atoms with Crippen molar-refractivity contribution in [1.82, 2.24) is 0 Å². The largest absolute Gasteiger partial charge is 0.466 e. The van der Waals surface area contributed by atoms with E-state index in [9.17, 15) is 14.7 Å². The van der Waals surface area contributed by atoms with E-state index in [4.69, 9.17) is 9.47 Å². The standard InChI is InChI=1S/C24H38O5/c1-15-6-7-21-20(13-25)22(9-11-23(15,21)4)24(5)10-8-19(29-17(3)27)12-18(24)14-28-16(2)26/h18-22,25H,1,6-14H2,2-5H3/t18-,19+,20+,21?,22?,23-,24+/m1/s1. The first-order chi connectivity index (χ1) is 13.6. The van der Waals surface area contributed by atoms with Crippen LogP contribution in [0, 0.1) is 34.5 Å². The number of hydrogen-bond acceptors (Lipinski definition) is 5.